The predicted octanol–water partition coefficient (Wildman–Crippen LogP) is 5.48. The summed E-state index contributed by atoms with van der Waals surface area (Å²) >= 11 is 0. The van der Waals surface area contributed by atoms with E-state index in [4.69, 9.17) is 4.74 Å². The van der Waals surface area contributed by atoms with Crippen molar-refractivity contribution < 1.29 is 9.53 Å². The second kappa shape index (κ2) is 9.37. The summed E-state index contributed by atoms with van der Waals surface area (Å²) in [6.45, 7) is 8.99. The third kappa shape index (κ3) is 6.17. The summed E-state index contributed by atoms with van der Waals surface area (Å²) in [5, 5.41) is 3.31. The molecule has 0 amide bonds. The highest BCUT2D eigenvalue weighted by Crippen LogP contribution is 2.23. The van der Waals surface area contributed by atoms with E-state index in [1.54, 1.807) is 18.3 Å². The van der Waals surface area contributed by atoms with Gasteiger partial charge in [-0.25, -0.2) is 4.98 Å². The molecule has 0 spiro atoms. The predicted molar refractivity (Wildman–Crippen MR) is 107 cm³/mol. The first kappa shape index (κ1) is 20.0. The summed E-state index contributed by atoms with van der Waals surface area (Å²) in [6, 6.07) is 11.0. The van der Waals surface area contributed by atoms with Crippen LogP contribution in [-0.2, 0) is 0 Å². The highest BCUT2D eigenvalue weighted by atomic mass is 16.5. The van der Waals surface area contributed by atoms with Crippen LogP contribution in [0.2, 0.25) is 0 Å². The Balaban J connectivity index is 2.13. The fourth-order valence-corrected chi connectivity index (χ4v) is 2.70. The van der Waals surface area contributed by atoms with Crippen LogP contribution in [-0.4, -0.2) is 22.9 Å². The first-order valence-electron chi connectivity index (χ1n) is 9.43. The number of benzene rings is 1. The smallest absolute Gasteiger partial charge is 0.196 e. The van der Waals surface area contributed by atoms with Crippen LogP contribution in [0, 0.1) is 0 Å². The molecule has 4 nitrogen and oxygen atoms in total. The number of unbranched alkanes of at least 4 members (excludes halogenated alkanes) is 3. The molecule has 0 aliphatic carbocycles. The maximum Gasteiger partial charge on any atom is 0.196 e. The van der Waals surface area contributed by atoms with Crippen LogP contribution in [0.4, 0.5) is 5.82 Å². The van der Waals surface area contributed by atoms with Crippen LogP contribution < -0.4 is 10.1 Å². The summed E-state index contributed by atoms with van der Waals surface area (Å²) in [5.41, 5.74) is 0.894. The monoisotopic (exact) mass is 354 g/mol. The molecule has 0 unspecified atom stereocenters. The molecule has 0 bridgehead atoms. The average Bonchev–Trinajstić information content (AvgIpc) is 2.60. The van der Waals surface area contributed by atoms with Gasteiger partial charge in [-0.3, -0.25) is 4.79 Å². The maximum atomic E-state index is 13.0. The third-order valence-corrected chi connectivity index (χ3v) is 3.90. The summed E-state index contributed by atoms with van der Waals surface area (Å²) in [6.07, 6.45) is 6.42. The van der Waals surface area contributed by atoms with Crippen molar-refractivity contribution in [1.29, 1.82) is 0 Å². The second-order valence-corrected chi connectivity index (χ2v) is 7.46. The highest BCUT2D eigenvalue weighted by Gasteiger charge is 2.17. The molecular formula is C22H30N2O2. The zero-order valence-electron chi connectivity index (χ0n) is 16.3. The van der Waals surface area contributed by atoms with Crippen molar-refractivity contribution in [2.45, 2.75) is 59.0 Å². The number of nitrogens with one attached hydrogen (secondary N) is 1. The lowest BCUT2D eigenvalue weighted by molar-refractivity contribution is 0.103. The van der Waals surface area contributed by atoms with Gasteiger partial charge in [-0.15, -0.1) is 0 Å². The van der Waals surface area contributed by atoms with Gasteiger partial charge in [0.1, 0.15) is 17.2 Å². The summed E-state index contributed by atoms with van der Waals surface area (Å²) in [5.74, 6) is 1.30. The van der Waals surface area contributed by atoms with Crippen LogP contribution in [0.1, 0.15) is 69.3 Å². The molecule has 26 heavy (non-hydrogen) atoms. The molecular weight excluding hydrogens is 324 g/mol. The van der Waals surface area contributed by atoms with Gasteiger partial charge in [-0.1, -0.05) is 38.3 Å². The zero-order chi connectivity index (χ0) is 19.0. The van der Waals surface area contributed by atoms with Crippen molar-refractivity contribution >= 4 is 11.6 Å². The molecule has 1 aromatic carbocycles. The van der Waals surface area contributed by atoms with Gasteiger partial charge in [0, 0.05) is 18.3 Å². The number of hydrogen-bond donors (Lipinski definition) is 1. The Hall–Kier alpha value is -2.36. The van der Waals surface area contributed by atoms with E-state index >= 15 is 0 Å². The molecule has 0 saturated heterocycles. The summed E-state index contributed by atoms with van der Waals surface area (Å²) in [4.78, 5) is 17.3. The van der Waals surface area contributed by atoms with Crippen LogP contribution in [0.3, 0.4) is 0 Å². The lowest BCUT2D eigenvalue weighted by Gasteiger charge is -2.21. The van der Waals surface area contributed by atoms with Crippen molar-refractivity contribution in [3.8, 4) is 5.75 Å². The summed E-state index contributed by atoms with van der Waals surface area (Å²) < 4.78 is 5.88. The topological polar surface area (TPSA) is 51.2 Å². The van der Waals surface area contributed by atoms with Gasteiger partial charge < -0.3 is 10.1 Å². The molecule has 4 heteroatoms. The first-order chi connectivity index (χ1) is 12.4. The van der Waals surface area contributed by atoms with Gasteiger partial charge in [0.2, 0.25) is 0 Å². The van der Waals surface area contributed by atoms with E-state index in [9.17, 15) is 4.79 Å². The van der Waals surface area contributed by atoms with Gasteiger partial charge in [0.25, 0.3) is 0 Å². The number of aromatic nitrogens is 1. The molecule has 0 saturated carbocycles. The molecule has 1 aromatic heterocycles. The first-order valence-corrected chi connectivity index (χ1v) is 9.43. The Morgan fingerprint density at radius 3 is 2.65 bits per heavy atom. The van der Waals surface area contributed by atoms with Gasteiger partial charge in [0.15, 0.2) is 5.78 Å². The van der Waals surface area contributed by atoms with Gasteiger partial charge in [-0.05, 0) is 51.5 Å². The van der Waals surface area contributed by atoms with Gasteiger partial charge in [-0.2, -0.15) is 0 Å². The molecule has 0 atom stereocenters. The van der Waals surface area contributed by atoms with Crippen LogP contribution >= 0.6 is 0 Å². The normalized spacial score (nSPS) is 11.2. The van der Waals surface area contributed by atoms with E-state index in [-0.39, 0.29) is 11.4 Å². The van der Waals surface area contributed by atoms with Crippen LogP contribution in [0.15, 0.2) is 42.6 Å². The van der Waals surface area contributed by atoms with E-state index < -0.39 is 0 Å². The lowest BCUT2D eigenvalue weighted by atomic mass is 10.0. The molecule has 2 rings (SSSR count). The number of pyridine rings is 1. The van der Waals surface area contributed by atoms with E-state index in [0.717, 1.165) is 13.0 Å². The minimum atomic E-state index is -0.304. The number of ether oxygens (including phenoxy) is 1. The van der Waals surface area contributed by atoms with Crippen molar-refractivity contribution in [3.05, 3.63) is 53.7 Å². The number of nitrogens with zero attached hydrogens (tertiary/aromatic N) is 1. The standard InChI is InChI=1S/C22H30N2O2/c1-5-6-7-8-14-23-21-19(13-10-15-24-21)20(25)17-11-9-12-18(16-17)26-22(2,3)4/h9-13,15-16H,5-8,14H2,1-4H3,(H,23,24). The SMILES string of the molecule is CCCCCCNc1ncccc1C(=O)c1cccc(OC(C)(C)C)c1. The number of ketones is 1. The molecule has 0 radical (unpaired) electrons. The van der Waals surface area contributed by atoms with Gasteiger partial charge in [0.05, 0.1) is 5.56 Å². The molecule has 140 valence electrons. The quantitative estimate of drug-likeness (QED) is 0.478. The van der Waals surface area contributed by atoms with Crippen molar-refractivity contribution in [2.75, 3.05) is 11.9 Å². The zero-order valence-corrected chi connectivity index (χ0v) is 16.3. The Labute approximate surface area is 157 Å². The fraction of sp³-hybridized carbons (Fsp3) is 0.455. The molecule has 0 aliphatic heterocycles. The summed E-state index contributed by atoms with van der Waals surface area (Å²) in [7, 11) is 0. The van der Waals surface area contributed by atoms with Crippen molar-refractivity contribution in [2.24, 2.45) is 0 Å². The lowest BCUT2D eigenvalue weighted by Crippen LogP contribution is -2.23. The van der Waals surface area contributed by atoms with Crippen LogP contribution in [0.25, 0.3) is 0 Å². The van der Waals surface area contributed by atoms with E-state index in [1.165, 1.54) is 19.3 Å². The Morgan fingerprint density at radius 2 is 1.92 bits per heavy atom. The average molecular weight is 354 g/mol. The maximum absolute atomic E-state index is 13.0. The fourth-order valence-electron chi connectivity index (χ4n) is 2.70. The van der Waals surface area contributed by atoms with Crippen molar-refractivity contribution in [3.63, 3.8) is 0 Å². The molecule has 2 aromatic rings. The third-order valence-electron chi connectivity index (χ3n) is 3.90. The molecule has 1 heterocycles. The van der Waals surface area contributed by atoms with Crippen molar-refractivity contribution in [1.82, 2.24) is 4.98 Å². The minimum Gasteiger partial charge on any atom is -0.488 e. The minimum absolute atomic E-state index is 0.0477. The number of carbonyl (C=O) groups is 1. The Morgan fingerprint density at radius 1 is 1.12 bits per heavy atom. The van der Waals surface area contributed by atoms with E-state index in [1.807, 2.05) is 45.0 Å². The largest absolute Gasteiger partial charge is 0.488 e. The highest BCUT2D eigenvalue weighted by molar-refractivity contribution is 6.12. The molecule has 0 aliphatic rings. The molecule has 1 N–H and O–H groups in total. The number of rotatable bonds is 9. The van der Waals surface area contributed by atoms with Crippen LogP contribution in [0.5, 0.6) is 5.75 Å². The van der Waals surface area contributed by atoms with Gasteiger partial charge >= 0.3 is 0 Å². The number of hydrogen-bond acceptors (Lipinski definition) is 4. The van der Waals surface area contributed by atoms with E-state index in [2.05, 4.69) is 17.2 Å². The number of anilines is 1. The Bertz CT molecular complexity index is 720. The Kier molecular flexibility index (Phi) is 7.19. The number of carbonyl (C=O) groups excluding carboxylic acids is 1. The molecule has 0 fully saturated rings. The second-order valence-electron chi connectivity index (χ2n) is 7.46. The van der Waals surface area contributed by atoms with E-state index in [0.29, 0.717) is 22.7 Å².